The number of hydrogen-bond acceptors (Lipinski definition) is 3. The Morgan fingerprint density at radius 3 is 2.26 bits per heavy atom. The summed E-state index contributed by atoms with van der Waals surface area (Å²) in [6, 6.07) is 16.5. The molecule has 1 N–H and O–H groups in total. The Bertz CT molecular complexity index is 792. The molecule has 0 aromatic heterocycles. The van der Waals surface area contributed by atoms with Crippen molar-refractivity contribution < 1.29 is 4.79 Å². The molecule has 0 bridgehead atoms. The molecule has 0 unspecified atom stereocenters. The Morgan fingerprint density at radius 2 is 1.59 bits per heavy atom. The minimum Gasteiger partial charge on any atom is -0.367 e. The van der Waals surface area contributed by atoms with E-state index in [1.807, 2.05) is 23.1 Å². The highest BCUT2D eigenvalue weighted by molar-refractivity contribution is 7.98. The second-order valence-electron chi connectivity index (χ2n) is 7.87. The highest BCUT2D eigenvalue weighted by Crippen LogP contribution is 2.30. The number of amides is 2. The first-order valence-electron chi connectivity index (χ1n) is 9.43. The zero-order chi connectivity index (χ0) is 19.4. The average Bonchev–Trinajstić information content (AvgIpc) is 2.67. The third-order valence-corrected chi connectivity index (χ3v) is 5.75. The minimum absolute atomic E-state index is 0.00972. The topological polar surface area (TPSA) is 35.6 Å². The largest absolute Gasteiger partial charge is 0.367 e. The predicted molar refractivity (Wildman–Crippen MR) is 116 cm³/mol. The van der Waals surface area contributed by atoms with E-state index in [0.29, 0.717) is 0 Å². The molecule has 2 amide bonds. The number of piperazine rings is 1. The summed E-state index contributed by atoms with van der Waals surface area (Å²) in [7, 11) is 0. The van der Waals surface area contributed by atoms with Crippen LogP contribution in [0, 0.1) is 0 Å². The lowest BCUT2D eigenvalue weighted by Gasteiger charge is -2.37. The lowest BCUT2D eigenvalue weighted by atomic mass is 9.86. The van der Waals surface area contributed by atoms with Crippen LogP contribution in [-0.4, -0.2) is 43.4 Å². The minimum atomic E-state index is -0.00982. The molecule has 1 fully saturated rings. The molecule has 0 aliphatic carbocycles. The molecule has 4 nitrogen and oxygen atoms in total. The highest BCUT2D eigenvalue weighted by Gasteiger charge is 2.24. The van der Waals surface area contributed by atoms with Crippen molar-refractivity contribution in [2.45, 2.75) is 31.1 Å². The number of benzene rings is 2. The van der Waals surface area contributed by atoms with Gasteiger partial charge in [0.1, 0.15) is 0 Å². The molecule has 2 aromatic carbocycles. The number of nitrogens with zero attached hydrogens (tertiary/aromatic N) is 2. The Hall–Kier alpha value is -2.14. The van der Waals surface area contributed by atoms with Gasteiger partial charge in [0.05, 0.1) is 5.69 Å². The fourth-order valence-corrected chi connectivity index (χ4v) is 4.10. The van der Waals surface area contributed by atoms with Gasteiger partial charge in [0, 0.05) is 36.8 Å². The van der Waals surface area contributed by atoms with Crippen LogP contribution < -0.4 is 10.2 Å². The van der Waals surface area contributed by atoms with Crippen molar-refractivity contribution in [1.29, 1.82) is 0 Å². The van der Waals surface area contributed by atoms with Gasteiger partial charge in [-0.25, -0.2) is 4.79 Å². The third-order valence-electron chi connectivity index (χ3n) is 4.97. The van der Waals surface area contributed by atoms with Crippen LogP contribution in [0.2, 0.25) is 0 Å². The van der Waals surface area contributed by atoms with Crippen LogP contribution in [0.5, 0.6) is 0 Å². The number of carbonyl (C=O) groups is 1. The van der Waals surface area contributed by atoms with Crippen molar-refractivity contribution in [2.75, 3.05) is 42.7 Å². The molecule has 0 spiro atoms. The fraction of sp³-hybridized carbons (Fsp3) is 0.409. The molecule has 0 saturated carbocycles. The summed E-state index contributed by atoms with van der Waals surface area (Å²) in [5.74, 6) is 0. The monoisotopic (exact) mass is 383 g/mol. The maximum Gasteiger partial charge on any atom is 0.321 e. The second-order valence-corrected chi connectivity index (χ2v) is 8.72. The Kier molecular flexibility index (Phi) is 6.00. The number of urea groups is 1. The van der Waals surface area contributed by atoms with E-state index in [4.69, 9.17) is 0 Å². The van der Waals surface area contributed by atoms with Gasteiger partial charge in [-0.05, 0) is 35.4 Å². The molecule has 5 heteroatoms. The van der Waals surface area contributed by atoms with Crippen molar-refractivity contribution in [3.8, 4) is 0 Å². The first kappa shape index (κ1) is 19.6. The van der Waals surface area contributed by atoms with Crippen LogP contribution >= 0.6 is 11.8 Å². The van der Waals surface area contributed by atoms with Gasteiger partial charge in [0.2, 0.25) is 0 Å². The summed E-state index contributed by atoms with van der Waals surface area (Å²) < 4.78 is 0. The van der Waals surface area contributed by atoms with Gasteiger partial charge in [-0.3, -0.25) is 0 Å². The van der Waals surface area contributed by atoms with Crippen molar-refractivity contribution in [3.05, 3.63) is 54.1 Å². The summed E-state index contributed by atoms with van der Waals surface area (Å²) in [4.78, 5) is 18.4. The SMILES string of the molecule is CSc1ccccc1N1CCN(C(=O)Nc2ccccc2C(C)(C)C)CC1. The van der Waals surface area contributed by atoms with E-state index in [2.05, 4.69) is 67.6 Å². The van der Waals surface area contributed by atoms with Gasteiger partial charge < -0.3 is 15.1 Å². The van der Waals surface area contributed by atoms with Gasteiger partial charge in [-0.15, -0.1) is 11.8 Å². The van der Waals surface area contributed by atoms with Gasteiger partial charge in [0.25, 0.3) is 0 Å². The average molecular weight is 384 g/mol. The molecule has 0 atom stereocenters. The molecular weight excluding hydrogens is 354 g/mol. The molecule has 1 aliphatic heterocycles. The van der Waals surface area contributed by atoms with Crippen LogP contribution in [0.25, 0.3) is 0 Å². The second kappa shape index (κ2) is 8.26. The van der Waals surface area contributed by atoms with E-state index in [1.165, 1.54) is 10.6 Å². The lowest BCUT2D eigenvalue weighted by molar-refractivity contribution is 0.208. The number of para-hydroxylation sites is 2. The molecule has 144 valence electrons. The molecule has 1 heterocycles. The first-order valence-corrected chi connectivity index (χ1v) is 10.7. The summed E-state index contributed by atoms with van der Waals surface area (Å²) in [6.45, 7) is 9.66. The van der Waals surface area contributed by atoms with Crippen molar-refractivity contribution >= 4 is 29.2 Å². The standard InChI is InChI=1S/C22H29N3OS/c1-22(2,3)17-9-5-6-10-18(17)23-21(26)25-15-13-24(14-16-25)19-11-7-8-12-20(19)27-4/h5-12H,13-16H2,1-4H3,(H,23,26). The van der Waals surface area contributed by atoms with Crippen molar-refractivity contribution in [2.24, 2.45) is 0 Å². The summed E-state index contributed by atoms with van der Waals surface area (Å²) >= 11 is 1.77. The zero-order valence-electron chi connectivity index (χ0n) is 16.7. The number of thioether (sulfide) groups is 1. The van der Waals surface area contributed by atoms with E-state index < -0.39 is 0 Å². The maximum atomic E-state index is 12.8. The van der Waals surface area contributed by atoms with E-state index in [9.17, 15) is 4.79 Å². The van der Waals surface area contributed by atoms with Gasteiger partial charge in [-0.1, -0.05) is 51.1 Å². The van der Waals surface area contributed by atoms with Crippen molar-refractivity contribution in [1.82, 2.24) is 4.90 Å². The normalized spacial score (nSPS) is 15.0. The molecule has 1 aliphatic rings. The Morgan fingerprint density at radius 1 is 0.963 bits per heavy atom. The number of nitrogens with one attached hydrogen (secondary N) is 1. The maximum absolute atomic E-state index is 12.8. The molecule has 27 heavy (non-hydrogen) atoms. The lowest BCUT2D eigenvalue weighted by Crippen LogP contribution is -2.50. The summed E-state index contributed by atoms with van der Waals surface area (Å²) in [5, 5.41) is 3.13. The van der Waals surface area contributed by atoms with Crippen LogP contribution in [0.3, 0.4) is 0 Å². The van der Waals surface area contributed by atoms with E-state index in [-0.39, 0.29) is 11.4 Å². The van der Waals surface area contributed by atoms with Gasteiger partial charge >= 0.3 is 6.03 Å². The van der Waals surface area contributed by atoms with E-state index in [1.54, 1.807) is 11.8 Å². The van der Waals surface area contributed by atoms with Crippen LogP contribution in [0.1, 0.15) is 26.3 Å². The summed E-state index contributed by atoms with van der Waals surface area (Å²) in [6.07, 6.45) is 2.11. The first-order chi connectivity index (χ1) is 12.9. The van der Waals surface area contributed by atoms with Gasteiger partial charge in [-0.2, -0.15) is 0 Å². The molecule has 1 saturated heterocycles. The van der Waals surface area contributed by atoms with Crippen molar-refractivity contribution in [3.63, 3.8) is 0 Å². The van der Waals surface area contributed by atoms with Crippen LogP contribution in [-0.2, 0) is 5.41 Å². The number of rotatable bonds is 3. The third kappa shape index (κ3) is 4.59. The Labute approximate surface area is 166 Å². The van der Waals surface area contributed by atoms with Crippen LogP contribution in [0.15, 0.2) is 53.4 Å². The highest BCUT2D eigenvalue weighted by atomic mass is 32.2. The molecular formula is C22H29N3OS. The van der Waals surface area contributed by atoms with Crippen LogP contribution in [0.4, 0.5) is 16.2 Å². The summed E-state index contributed by atoms with van der Waals surface area (Å²) in [5.41, 5.74) is 3.32. The number of hydrogen-bond donors (Lipinski definition) is 1. The van der Waals surface area contributed by atoms with E-state index in [0.717, 1.165) is 37.4 Å². The smallest absolute Gasteiger partial charge is 0.321 e. The predicted octanol–water partition coefficient (Wildman–Crippen LogP) is 5.06. The molecule has 0 radical (unpaired) electrons. The molecule has 2 aromatic rings. The quantitative estimate of drug-likeness (QED) is 0.753. The number of carbonyl (C=O) groups excluding carboxylic acids is 1. The van der Waals surface area contributed by atoms with Gasteiger partial charge in [0.15, 0.2) is 0 Å². The zero-order valence-corrected chi connectivity index (χ0v) is 17.5. The molecule has 3 rings (SSSR count). The number of anilines is 2. The van der Waals surface area contributed by atoms with E-state index >= 15 is 0 Å². The Balaban J connectivity index is 1.64. The fourth-order valence-electron chi connectivity index (χ4n) is 3.48.